The number of carbonyl (C=O) groups excluding carboxylic acids is 1. The summed E-state index contributed by atoms with van der Waals surface area (Å²) < 4.78 is 10.3. The summed E-state index contributed by atoms with van der Waals surface area (Å²) in [5.74, 6) is 0.418. The van der Waals surface area contributed by atoms with Crippen molar-refractivity contribution in [2.45, 2.75) is 6.92 Å². The van der Waals surface area contributed by atoms with E-state index in [-0.39, 0.29) is 17.1 Å². The van der Waals surface area contributed by atoms with Crippen LogP contribution in [0.4, 0.5) is 5.69 Å². The number of nitriles is 1. The molecule has 0 heterocycles. The van der Waals surface area contributed by atoms with E-state index in [1.54, 1.807) is 30.3 Å². The summed E-state index contributed by atoms with van der Waals surface area (Å²) in [7, 11) is 1.42. The van der Waals surface area contributed by atoms with Crippen molar-refractivity contribution in [3.05, 3.63) is 53.6 Å². The molecule has 6 heteroatoms. The van der Waals surface area contributed by atoms with Crippen LogP contribution in [0, 0.1) is 11.3 Å². The number of methoxy groups -OCH3 is 1. The van der Waals surface area contributed by atoms with Crippen LogP contribution in [0.1, 0.15) is 12.5 Å². The molecule has 0 saturated carbocycles. The quantitative estimate of drug-likeness (QED) is 0.622. The van der Waals surface area contributed by atoms with Gasteiger partial charge in [0, 0.05) is 5.69 Å². The molecule has 6 nitrogen and oxygen atoms in total. The summed E-state index contributed by atoms with van der Waals surface area (Å²) in [6.07, 6.45) is 1.42. The number of hydrogen-bond acceptors (Lipinski definition) is 5. The third kappa shape index (κ3) is 4.75. The van der Waals surface area contributed by atoms with Crippen molar-refractivity contribution < 1.29 is 19.4 Å². The molecule has 0 atom stereocenters. The van der Waals surface area contributed by atoms with E-state index < -0.39 is 5.91 Å². The van der Waals surface area contributed by atoms with Crippen LogP contribution in [0.2, 0.25) is 0 Å². The van der Waals surface area contributed by atoms with E-state index in [0.29, 0.717) is 23.6 Å². The number of nitrogens with one attached hydrogen (secondary N) is 1. The number of aromatic hydroxyl groups is 1. The lowest BCUT2D eigenvalue weighted by atomic mass is 10.1. The van der Waals surface area contributed by atoms with Gasteiger partial charge < -0.3 is 19.9 Å². The van der Waals surface area contributed by atoms with Crippen LogP contribution in [0.3, 0.4) is 0 Å². The molecule has 0 fully saturated rings. The minimum Gasteiger partial charge on any atom is -0.504 e. The lowest BCUT2D eigenvalue weighted by molar-refractivity contribution is -0.112. The molecule has 0 saturated heterocycles. The Morgan fingerprint density at radius 3 is 2.60 bits per heavy atom. The zero-order valence-electron chi connectivity index (χ0n) is 13.9. The van der Waals surface area contributed by atoms with Crippen LogP contribution in [0.5, 0.6) is 17.2 Å². The van der Waals surface area contributed by atoms with Gasteiger partial charge in [-0.2, -0.15) is 5.26 Å². The van der Waals surface area contributed by atoms with Crippen molar-refractivity contribution in [1.82, 2.24) is 0 Å². The Morgan fingerprint density at radius 2 is 2.00 bits per heavy atom. The lowest BCUT2D eigenvalue weighted by Gasteiger charge is -2.07. The number of nitrogens with zero attached hydrogens (tertiary/aromatic N) is 1. The van der Waals surface area contributed by atoms with Crippen molar-refractivity contribution in [2.75, 3.05) is 19.0 Å². The summed E-state index contributed by atoms with van der Waals surface area (Å²) in [5, 5.41) is 21.5. The summed E-state index contributed by atoms with van der Waals surface area (Å²) in [5.41, 5.74) is 1.05. The molecule has 0 spiro atoms. The molecule has 0 aromatic heterocycles. The number of ether oxygens (including phenoxy) is 2. The summed E-state index contributed by atoms with van der Waals surface area (Å²) in [6, 6.07) is 13.3. The molecule has 2 aromatic carbocycles. The SMILES string of the molecule is CCOc1ccc(NC(=O)/C(C#N)=C\c2ccc(O)c(OC)c2)cc1. The second-order valence-electron chi connectivity index (χ2n) is 5.01. The fourth-order valence-electron chi connectivity index (χ4n) is 2.10. The molecule has 0 radical (unpaired) electrons. The zero-order valence-corrected chi connectivity index (χ0v) is 13.9. The van der Waals surface area contributed by atoms with E-state index >= 15 is 0 Å². The van der Waals surface area contributed by atoms with E-state index in [9.17, 15) is 15.2 Å². The largest absolute Gasteiger partial charge is 0.504 e. The molecular weight excluding hydrogens is 320 g/mol. The van der Waals surface area contributed by atoms with Gasteiger partial charge >= 0.3 is 0 Å². The average Bonchev–Trinajstić information content (AvgIpc) is 2.62. The van der Waals surface area contributed by atoms with Gasteiger partial charge in [-0.05, 0) is 55.0 Å². The van der Waals surface area contributed by atoms with Crippen molar-refractivity contribution in [2.24, 2.45) is 0 Å². The summed E-state index contributed by atoms with van der Waals surface area (Å²) in [6.45, 7) is 2.45. The van der Waals surface area contributed by atoms with Crippen molar-refractivity contribution >= 4 is 17.7 Å². The van der Waals surface area contributed by atoms with Gasteiger partial charge in [-0.15, -0.1) is 0 Å². The van der Waals surface area contributed by atoms with E-state index in [0.717, 1.165) is 0 Å². The molecule has 0 unspecified atom stereocenters. The Hall–Kier alpha value is -3.46. The highest BCUT2D eigenvalue weighted by Gasteiger charge is 2.10. The topological polar surface area (TPSA) is 91.6 Å². The minimum atomic E-state index is -0.529. The smallest absolute Gasteiger partial charge is 0.266 e. The molecule has 25 heavy (non-hydrogen) atoms. The van der Waals surface area contributed by atoms with E-state index in [1.165, 1.54) is 25.3 Å². The standard InChI is InChI=1S/C19H18N2O4/c1-3-25-16-7-5-15(6-8-16)21-19(23)14(12-20)10-13-4-9-17(22)18(11-13)24-2/h4-11,22H,3H2,1-2H3,(H,21,23)/b14-10-. The predicted octanol–water partition coefficient (Wildman–Crippen LogP) is 3.35. The number of anilines is 1. The van der Waals surface area contributed by atoms with Gasteiger partial charge in [0.15, 0.2) is 11.5 Å². The van der Waals surface area contributed by atoms with Gasteiger partial charge in [0.1, 0.15) is 17.4 Å². The van der Waals surface area contributed by atoms with Gasteiger partial charge in [0.2, 0.25) is 0 Å². The van der Waals surface area contributed by atoms with Crippen LogP contribution >= 0.6 is 0 Å². The van der Waals surface area contributed by atoms with Crippen LogP contribution < -0.4 is 14.8 Å². The van der Waals surface area contributed by atoms with E-state index in [2.05, 4.69) is 5.32 Å². The van der Waals surface area contributed by atoms with Crippen molar-refractivity contribution in [1.29, 1.82) is 5.26 Å². The molecule has 128 valence electrons. The van der Waals surface area contributed by atoms with Gasteiger partial charge in [-0.3, -0.25) is 4.79 Å². The molecule has 0 aliphatic heterocycles. The molecule has 1 amide bonds. The highest BCUT2D eigenvalue weighted by Crippen LogP contribution is 2.27. The Kier molecular flexibility index (Phi) is 6.02. The van der Waals surface area contributed by atoms with Gasteiger partial charge in [0.05, 0.1) is 13.7 Å². The number of benzene rings is 2. The second kappa shape index (κ2) is 8.41. The highest BCUT2D eigenvalue weighted by atomic mass is 16.5. The maximum atomic E-state index is 12.3. The molecule has 0 aliphatic rings. The van der Waals surface area contributed by atoms with Crippen LogP contribution in [-0.4, -0.2) is 24.7 Å². The third-order valence-electron chi connectivity index (χ3n) is 3.30. The Bertz CT molecular complexity index is 820. The molecule has 2 aromatic rings. The summed E-state index contributed by atoms with van der Waals surface area (Å²) in [4.78, 5) is 12.3. The monoisotopic (exact) mass is 338 g/mol. The van der Waals surface area contributed by atoms with Crippen molar-refractivity contribution in [3.8, 4) is 23.3 Å². The third-order valence-corrected chi connectivity index (χ3v) is 3.30. The molecule has 0 bridgehead atoms. The predicted molar refractivity (Wildman–Crippen MR) is 94.5 cm³/mol. The Morgan fingerprint density at radius 1 is 1.28 bits per heavy atom. The summed E-state index contributed by atoms with van der Waals surface area (Å²) >= 11 is 0. The first-order valence-electron chi connectivity index (χ1n) is 7.60. The first-order chi connectivity index (χ1) is 12.1. The van der Waals surface area contributed by atoms with Gasteiger partial charge in [0.25, 0.3) is 5.91 Å². The van der Waals surface area contributed by atoms with Gasteiger partial charge in [-0.25, -0.2) is 0 Å². The second-order valence-corrected chi connectivity index (χ2v) is 5.01. The number of phenols is 1. The molecule has 2 N–H and O–H groups in total. The fourth-order valence-corrected chi connectivity index (χ4v) is 2.10. The number of phenolic OH excluding ortho intramolecular Hbond substituents is 1. The Labute approximate surface area is 145 Å². The number of amides is 1. The normalized spacial score (nSPS) is 10.7. The van der Waals surface area contributed by atoms with Crippen LogP contribution in [0.15, 0.2) is 48.0 Å². The van der Waals surface area contributed by atoms with E-state index in [4.69, 9.17) is 9.47 Å². The van der Waals surface area contributed by atoms with Crippen LogP contribution in [0.25, 0.3) is 6.08 Å². The number of hydrogen-bond donors (Lipinski definition) is 2. The number of carbonyl (C=O) groups is 1. The first kappa shape index (κ1) is 17.9. The fraction of sp³-hybridized carbons (Fsp3) is 0.158. The number of rotatable bonds is 6. The van der Waals surface area contributed by atoms with Crippen molar-refractivity contribution in [3.63, 3.8) is 0 Å². The molecule has 0 aliphatic carbocycles. The lowest BCUT2D eigenvalue weighted by Crippen LogP contribution is -2.13. The van der Waals surface area contributed by atoms with E-state index in [1.807, 2.05) is 13.0 Å². The molecular formula is C19H18N2O4. The maximum Gasteiger partial charge on any atom is 0.266 e. The Balaban J connectivity index is 2.16. The zero-order chi connectivity index (χ0) is 18.2. The average molecular weight is 338 g/mol. The minimum absolute atomic E-state index is 0.0167. The van der Waals surface area contributed by atoms with Crippen LogP contribution in [-0.2, 0) is 4.79 Å². The highest BCUT2D eigenvalue weighted by molar-refractivity contribution is 6.09. The molecule has 2 rings (SSSR count). The maximum absolute atomic E-state index is 12.3. The first-order valence-corrected chi connectivity index (χ1v) is 7.60. The van der Waals surface area contributed by atoms with Gasteiger partial charge in [-0.1, -0.05) is 6.07 Å².